The van der Waals surface area contributed by atoms with Gasteiger partial charge in [-0.05, 0) is 75.1 Å². The average Bonchev–Trinajstić information content (AvgIpc) is 3.25. The Bertz CT molecular complexity index is 1910. The Balaban J connectivity index is 1.72. The van der Waals surface area contributed by atoms with Gasteiger partial charge in [0.15, 0.2) is 17.4 Å². The molecule has 1 aromatic rings. The second kappa shape index (κ2) is 24.0. The molecule has 4 rings (SSSR count). The number of ketones is 1. The van der Waals surface area contributed by atoms with E-state index < -0.39 is 102 Å². The fourth-order valence-corrected chi connectivity index (χ4v) is 7.35. The number of aromatic hydroxyl groups is 1. The molecule has 16 nitrogen and oxygen atoms in total. The van der Waals surface area contributed by atoms with E-state index in [0.717, 1.165) is 30.0 Å². The molecule has 2 bridgehead atoms. The molecular formula is C45H61F2N5O11. The molecule has 8 atom stereocenters. The molecule has 63 heavy (non-hydrogen) atoms. The van der Waals surface area contributed by atoms with E-state index in [1.165, 1.54) is 43.2 Å². The fraction of sp³-hybridized carbons (Fsp3) is 0.556. The highest BCUT2D eigenvalue weighted by atomic mass is 19.2. The van der Waals surface area contributed by atoms with Gasteiger partial charge in [0.2, 0.25) is 11.8 Å². The second-order valence-electron chi connectivity index (χ2n) is 16.6. The number of allylic oxidation sites excluding steroid dienone is 4. The van der Waals surface area contributed by atoms with Crippen LogP contribution in [0, 0.1) is 29.4 Å². The minimum absolute atomic E-state index is 0.0593. The molecule has 1 aromatic carbocycles. The van der Waals surface area contributed by atoms with E-state index >= 15 is 0 Å². The number of amides is 4. The van der Waals surface area contributed by atoms with Crippen LogP contribution in [0.3, 0.4) is 0 Å². The number of phenolic OH excluding ortho intramolecular Hbond substituents is 1. The minimum atomic E-state index is -1.52. The van der Waals surface area contributed by atoms with Gasteiger partial charge in [0.05, 0.1) is 24.7 Å². The molecule has 4 amide bonds. The molecule has 346 valence electrons. The number of Topliss-reactive ketones (excluding diaryl/α,β-unsaturated/α-hetero) is 1. The lowest BCUT2D eigenvalue weighted by Gasteiger charge is -2.36. The van der Waals surface area contributed by atoms with Crippen LogP contribution in [-0.4, -0.2) is 117 Å². The summed E-state index contributed by atoms with van der Waals surface area (Å²) in [6.45, 7) is 8.77. The molecule has 2 fully saturated rings. The van der Waals surface area contributed by atoms with Crippen LogP contribution in [-0.2, 0) is 44.8 Å². The Kier molecular flexibility index (Phi) is 19.1. The Hall–Kier alpha value is -5.30. The van der Waals surface area contributed by atoms with E-state index in [1.807, 2.05) is 0 Å². The number of fused-ring (bicyclic) bond motifs is 2. The second-order valence-corrected chi connectivity index (χ2v) is 16.6. The number of cyclic esters (lactones) is 1. The lowest BCUT2D eigenvalue weighted by atomic mass is 9.84. The number of nitrogens with zero attached hydrogens (tertiary/aromatic N) is 2. The largest absolute Gasteiger partial charge is 0.505 e. The summed E-state index contributed by atoms with van der Waals surface area (Å²) < 4.78 is 34.6. The van der Waals surface area contributed by atoms with Crippen LogP contribution >= 0.6 is 0 Å². The smallest absolute Gasteiger partial charge is 0.325 e. The molecule has 3 aliphatic rings. The van der Waals surface area contributed by atoms with Crippen LogP contribution in [0.15, 0.2) is 60.2 Å². The average molecular weight is 886 g/mol. The third-order valence-electron chi connectivity index (χ3n) is 11.3. The van der Waals surface area contributed by atoms with Crippen LogP contribution < -0.4 is 16.1 Å². The Labute approximate surface area is 366 Å². The number of benzene rings is 1. The summed E-state index contributed by atoms with van der Waals surface area (Å²) in [5.74, 6) is -10.5. The van der Waals surface area contributed by atoms with Gasteiger partial charge >= 0.3 is 5.97 Å². The fourth-order valence-electron chi connectivity index (χ4n) is 7.35. The molecule has 18 heteroatoms. The first-order valence-corrected chi connectivity index (χ1v) is 21.4. The molecule has 3 heterocycles. The van der Waals surface area contributed by atoms with Gasteiger partial charge in [-0.2, -0.15) is 4.39 Å². The molecule has 0 spiro atoms. The normalized spacial score (nSPS) is 27.7. The first-order chi connectivity index (χ1) is 29.9. The van der Waals surface area contributed by atoms with Crippen LogP contribution in [0.25, 0.3) is 0 Å². The lowest BCUT2D eigenvalue weighted by Crippen LogP contribution is -2.62. The molecular weight excluding hydrogens is 825 g/mol. The van der Waals surface area contributed by atoms with Crippen LogP contribution in [0.1, 0.15) is 85.1 Å². The Morgan fingerprint density at radius 3 is 2.41 bits per heavy atom. The first kappa shape index (κ1) is 50.3. The van der Waals surface area contributed by atoms with E-state index in [2.05, 4.69) is 16.1 Å². The monoisotopic (exact) mass is 885 g/mol. The number of nitrogens with one attached hydrogen (secondary N) is 3. The number of carbonyl (C=O) groups is 6. The number of ether oxygens (including phenoxy) is 1. The van der Waals surface area contributed by atoms with Gasteiger partial charge in [-0.3, -0.25) is 33.8 Å². The Morgan fingerprint density at radius 1 is 1.00 bits per heavy atom. The predicted octanol–water partition coefficient (Wildman–Crippen LogP) is 3.16. The zero-order valence-electron chi connectivity index (χ0n) is 36.4. The summed E-state index contributed by atoms with van der Waals surface area (Å²) in [7, 11) is 0. The topological polar surface area (TPSA) is 224 Å². The zero-order valence-corrected chi connectivity index (χ0v) is 36.4. The number of hydrazine groups is 1. The first-order valence-electron chi connectivity index (χ1n) is 21.4. The molecule has 8 unspecified atom stereocenters. The number of esters is 1. The maximum atomic E-state index is 14.5. The van der Waals surface area contributed by atoms with Crippen LogP contribution in [0.5, 0.6) is 5.75 Å². The predicted molar refractivity (Wildman–Crippen MR) is 225 cm³/mol. The molecule has 0 radical (unpaired) electrons. The van der Waals surface area contributed by atoms with Crippen molar-refractivity contribution in [3.8, 4) is 5.75 Å². The van der Waals surface area contributed by atoms with E-state index in [0.29, 0.717) is 25.1 Å². The van der Waals surface area contributed by atoms with Gasteiger partial charge < -0.3 is 35.5 Å². The van der Waals surface area contributed by atoms with Gasteiger partial charge in [0.1, 0.15) is 30.0 Å². The number of halogens is 2. The standard InChI is InChI=1S/C45H61F2N5O11/c1-26(2)40-43(59)48-34(24-30-23-32(46)39(47)36(55)25-30)44(60)51-20-12-14-33(50-51)45(61)63-37(27(3)13-11-17-38(56)52-21-9-10-22-62-52)16-8-6-7-15-35(54)29(5)41(57)31(42(58)49-40)19-18-28(4)53/h6-8,11,13,15,17,23,25-26,29,31,33-35,37,40-41,50,54-55,57H,9-10,12,14,16,18-22,24H2,1-5H3,(H,48,59)(H,49,58). The van der Waals surface area contributed by atoms with Crippen LogP contribution in [0.4, 0.5) is 8.78 Å². The van der Waals surface area contributed by atoms with Crippen LogP contribution in [0.2, 0.25) is 0 Å². The van der Waals surface area contributed by atoms with Gasteiger partial charge in [-0.15, -0.1) is 0 Å². The third kappa shape index (κ3) is 14.6. The molecule has 2 saturated heterocycles. The zero-order chi connectivity index (χ0) is 46.4. The van der Waals surface area contributed by atoms with Crippen molar-refractivity contribution in [1.82, 2.24) is 26.1 Å². The maximum absolute atomic E-state index is 14.5. The van der Waals surface area contributed by atoms with Gasteiger partial charge in [-0.25, -0.2) is 14.9 Å². The number of rotatable bonds is 9. The third-order valence-corrected chi connectivity index (χ3v) is 11.3. The highest BCUT2D eigenvalue weighted by Crippen LogP contribution is 2.25. The molecule has 6 N–H and O–H groups in total. The molecule has 0 aromatic heterocycles. The maximum Gasteiger partial charge on any atom is 0.325 e. The number of hydroxylamine groups is 2. The number of hydrogen-bond acceptors (Lipinski definition) is 12. The SMILES string of the molecule is CC(=O)CCC1C(=O)NC(C(C)C)C(=O)NC(Cc2cc(O)c(F)c(F)c2)C(=O)N2CCCC(N2)C(=O)OC(C(C)=CC=CC(=O)N2CCCCO2)CC=CC=CC(O)C(C)C1O. The van der Waals surface area contributed by atoms with Gasteiger partial charge in [0.25, 0.3) is 11.8 Å². The number of aliphatic hydroxyl groups is 2. The number of carbonyl (C=O) groups excluding carboxylic acids is 6. The van der Waals surface area contributed by atoms with Crippen molar-refractivity contribution >= 4 is 35.4 Å². The van der Waals surface area contributed by atoms with Gasteiger partial charge in [0, 0.05) is 44.3 Å². The molecule has 3 aliphatic heterocycles. The van der Waals surface area contributed by atoms with Crippen molar-refractivity contribution < 1.29 is 62.4 Å². The van der Waals surface area contributed by atoms with Crippen molar-refractivity contribution in [3.05, 3.63) is 77.4 Å². The summed E-state index contributed by atoms with van der Waals surface area (Å²) in [5.41, 5.74) is 3.38. The number of phenols is 1. The number of aliphatic hydroxyl groups excluding tert-OH is 2. The Morgan fingerprint density at radius 2 is 1.75 bits per heavy atom. The highest BCUT2D eigenvalue weighted by Gasteiger charge is 2.39. The summed E-state index contributed by atoms with van der Waals surface area (Å²) in [4.78, 5) is 86.3. The molecule has 0 saturated carbocycles. The van der Waals surface area contributed by atoms with E-state index in [-0.39, 0.29) is 49.5 Å². The number of hydrogen-bond donors (Lipinski definition) is 6. The van der Waals surface area contributed by atoms with E-state index in [4.69, 9.17) is 9.57 Å². The summed E-state index contributed by atoms with van der Waals surface area (Å²) in [6, 6.07) is -2.21. The summed E-state index contributed by atoms with van der Waals surface area (Å²) in [6.07, 6.45) is 8.79. The van der Waals surface area contributed by atoms with Crippen molar-refractivity contribution in [2.45, 2.75) is 122 Å². The molecule has 0 aliphatic carbocycles. The minimum Gasteiger partial charge on any atom is -0.505 e. The summed E-state index contributed by atoms with van der Waals surface area (Å²) >= 11 is 0. The van der Waals surface area contributed by atoms with Crippen molar-refractivity contribution in [3.63, 3.8) is 0 Å². The quantitative estimate of drug-likeness (QED) is 0.120. The van der Waals surface area contributed by atoms with Crippen molar-refractivity contribution in [2.24, 2.45) is 17.8 Å². The van der Waals surface area contributed by atoms with E-state index in [1.54, 1.807) is 39.0 Å². The van der Waals surface area contributed by atoms with Crippen molar-refractivity contribution in [1.29, 1.82) is 0 Å². The van der Waals surface area contributed by atoms with Gasteiger partial charge in [-0.1, -0.05) is 57.2 Å². The summed E-state index contributed by atoms with van der Waals surface area (Å²) in [5, 5.41) is 40.3. The lowest BCUT2D eigenvalue weighted by molar-refractivity contribution is -0.191. The van der Waals surface area contributed by atoms with Crippen molar-refractivity contribution in [2.75, 3.05) is 19.7 Å². The highest BCUT2D eigenvalue weighted by molar-refractivity contribution is 5.93. The van der Waals surface area contributed by atoms with E-state index in [9.17, 15) is 52.9 Å².